The summed E-state index contributed by atoms with van der Waals surface area (Å²) in [6, 6.07) is 3.44. The standard InChI is InChI=1S/C14H14ClN3O2S/c1-8-9(16-7-21)5-6-10-11(8)12(15)17-18(10)13(19)20-14(2,3)4/h5-6H,1-4H3. The van der Waals surface area contributed by atoms with E-state index in [2.05, 4.69) is 27.5 Å². The van der Waals surface area contributed by atoms with Gasteiger partial charge in [-0.05, 0) is 57.6 Å². The smallest absolute Gasteiger partial charge is 0.435 e. The third-order valence-corrected chi connectivity index (χ3v) is 3.13. The molecule has 21 heavy (non-hydrogen) atoms. The molecule has 0 bridgehead atoms. The van der Waals surface area contributed by atoms with Gasteiger partial charge in [0, 0.05) is 5.39 Å². The molecule has 0 saturated heterocycles. The molecule has 0 amide bonds. The highest BCUT2D eigenvalue weighted by atomic mass is 35.5. The lowest BCUT2D eigenvalue weighted by Gasteiger charge is -2.19. The minimum absolute atomic E-state index is 0.217. The van der Waals surface area contributed by atoms with Crippen molar-refractivity contribution in [2.45, 2.75) is 33.3 Å². The minimum Gasteiger partial charge on any atom is -0.442 e. The second-order valence-corrected chi connectivity index (χ2v) is 6.03. The van der Waals surface area contributed by atoms with Gasteiger partial charge in [0.25, 0.3) is 0 Å². The number of thiocarbonyl (C=S) groups is 1. The van der Waals surface area contributed by atoms with E-state index < -0.39 is 11.7 Å². The summed E-state index contributed by atoms with van der Waals surface area (Å²) in [6.07, 6.45) is -0.579. The van der Waals surface area contributed by atoms with Gasteiger partial charge in [0.15, 0.2) is 5.15 Å². The van der Waals surface area contributed by atoms with E-state index in [0.717, 1.165) is 10.2 Å². The van der Waals surface area contributed by atoms with Crippen LogP contribution in [0, 0.1) is 6.92 Å². The van der Waals surface area contributed by atoms with Crippen LogP contribution in [0.5, 0.6) is 0 Å². The van der Waals surface area contributed by atoms with E-state index in [-0.39, 0.29) is 5.15 Å². The third kappa shape index (κ3) is 3.13. The molecule has 110 valence electrons. The Kier molecular flexibility index (Phi) is 4.14. The number of isothiocyanates is 1. The van der Waals surface area contributed by atoms with Crippen molar-refractivity contribution >= 4 is 51.7 Å². The predicted octanol–water partition coefficient (Wildman–Crippen LogP) is 4.52. The second-order valence-electron chi connectivity index (χ2n) is 5.49. The Morgan fingerprint density at radius 2 is 2.14 bits per heavy atom. The fourth-order valence-electron chi connectivity index (χ4n) is 1.93. The average Bonchev–Trinajstić information content (AvgIpc) is 2.69. The van der Waals surface area contributed by atoms with Gasteiger partial charge in [-0.2, -0.15) is 9.67 Å². The Morgan fingerprint density at radius 3 is 2.71 bits per heavy atom. The summed E-state index contributed by atoms with van der Waals surface area (Å²) in [4.78, 5) is 16.1. The highest BCUT2D eigenvalue weighted by Gasteiger charge is 2.22. The summed E-state index contributed by atoms with van der Waals surface area (Å²) in [5.41, 5.74) is 1.38. The summed E-state index contributed by atoms with van der Waals surface area (Å²) in [5, 5.41) is 7.24. The normalized spacial score (nSPS) is 11.3. The lowest BCUT2D eigenvalue weighted by molar-refractivity contribution is 0.0523. The van der Waals surface area contributed by atoms with Crippen LogP contribution in [0.25, 0.3) is 10.9 Å². The number of benzene rings is 1. The number of carbonyl (C=O) groups is 1. The lowest BCUT2D eigenvalue weighted by Crippen LogP contribution is -2.27. The van der Waals surface area contributed by atoms with E-state index in [4.69, 9.17) is 16.3 Å². The van der Waals surface area contributed by atoms with Gasteiger partial charge in [-0.15, -0.1) is 5.10 Å². The Labute approximate surface area is 132 Å². The maximum Gasteiger partial charge on any atom is 0.435 e. The molecule has 0 N–H and O–H groups in total. The molecule has 0 atom stereocenters. The number of aromatic nitrogens is 2. The maximum absolute atomic E-state index is 12.2. The molecule has 2 aromatic rings. The molecular weight excluding hydrogens is 310 g/mol. The lowest BCUT2D eigenvalue weighted by atomic mass is 10.1. The molecule has 0 spiro atoms. The number of fused-ring (bicyclic) bond motifs is 1. The van der Waals surface area contributed by atoms with Crippen molar-refractivity contribution in [2.75, 3.05) is 0 Å². The number of aliphatic imine (C=N–C) groups is 1. The van der Waals surface area contributed by atoms with E-state index >= 15 is 0 Å². The van der Waals surface area contributed by atoms with Gasteiger partial charge in [0.05, 0.1) is 16.4 Å². The molecular formula is C14H14ClN3O2S. The van der Waals surface area contributed by atoms with Crippen LogP contribution in [0.4, 0.5) is 10.5 Å². The summed E-state index contributed by atoms with van der Waals surface area (Å²) < 4.78 is 6.47. The number of rotatable bonds is 1. The van der Waals surface area contributed by atoms with Gasteiger partial charge < -0.3 is 4.74 Å². The third-order valence-electron chi connectivity index (χ3n) is 2.77. The zero-order chi connectivity index (χ0) is 15.8. The fraction of sp³-hybridized carbons (Fsp3) is 0.357. The van der Waals surface area contributed by atoms with Crippen molar-refractivity contribution in [3.8, 4) is 0 Å². The van der Waals surface area contributed by atoms with Crippen molar-refractivity contribution in [2.24, 2.45) is 4.99 Å². The molecule has 1 aromatic carbocycles. The molecule has 1 aromatic heterocycles. The highest BCUT2D eigenvalue weighted by molar-refractivity contribution is 7.78. The molecule has 0 aliphatic heterocycles. The molecule has 2 rings (SSSR count). The van der Waals surface area contributed by atoms with Crippen LogP contribution in [0.2, 0.25) is 5.15 Å². The maximum atomic E-state index is 12.2. The van der Waals surface area contributed by atoms with Crippen LogP contribution in [-0.4, -0.2) is 26.6 Å². The van der Waals surface area contributed by atoms with Gasteiger partial charge in [0.2, 0.25) is 0 Å². The Bertz CT molecular complexity index is 771. The largest absolute Gasteiger partial charge is 0.442 e. The first-order valence-electron chi connectivity index (χ1n) is 6.23. The second kappa shape index (κ2) is 5.56. The highest BCUT2D eigenvalue weighted by Crippen LogP contribution is 2.32. The fourth-order valence-corrected chi connectivity index (χ4v) is 2.34. The molecule has 1 heterocycles. The van der Waals surface area contributed by atoms with Crippen molar-refractivity contribution in [1.82, 2.24) is 9.78 Å². The van der Waals surface area contributed by atoms with E-state index in [1.54, 1.807) is 32.9 Å². The van der Waals surface area contributed by atoms with E-state index in [9.17, 15) is 4.79 Å². The van der Waals surface area contributed by atoms with Crippen LogP contribution in [0.15, 0.2) is 17.1 Å². The zero-order valence-electron chi connectivity index (χ0n) is 12.1. The number of halogens is 1. The van der Waals surface area contributed by atoms with Crippen LogP contribution >= 0.6 is 23.8 Å². The molecule has 0 aliphatic carbocycles. The zero-order valence-corrected chi connectivity index (χ0v) is 13.7. The SMILES string of the molecule is Cc1c(N=C=S)ccc2c1c(Cl)nn2C(=O)OC(C)(C)C. The monoisotopic (exact) mass is 323 g/mol. The Hall–Kier alpha value is -1.75. The van der Waals surface area contributed by atoms with Crippen molar-refractivity contribution in [3.63, 3.8) is 0 Å². The average molecular weight is 324 g/mol. The molecule has 7 heteroatoms. The molecule has 0 unspecified atom stereocenters. The first-order valence-corrected chi connectivity index (χ1v) is 7.02. The van der Waals surface area contributed by atoms with Crippen molar-refractivity contribution in [3.05, 3.63) is 22.8 Å². The predicted molar refractivity (Wildman–Crippen MR) is 85.8 cm³/mol. The first-order chi connectivity index (χ1) is 9.74. The molecule has 0 aliphatic rings. The number of carbonyl (C=O) groups excluding carboxylic acids is 1. The van der Waals surface area contributed by atoms with E-state index in [1.807, 2.05) is 6.92 Å². The summed E-state index contributed by atoms with van der Waals surface area (Å²) in [6.45, 7) is 7.20. The summed E-state index contributed by atoms with van der Waals surface area (Å²) >= 11 is 10.8. The van der Waals surface area contributed by atoms with Crippen LogP contribution in [0.3, 0.4) is 0 Å². The van der Waals surface area contributed by atoms with Gasteiger partial charge in [-0.3, -0.25) is 0 Å². The Balaban J connectivity index is 2.61. The van der Waals surface area contributed by atoms with Gasteiger partial charge in [0.1, 0.15) is 5.60 Å². The minimum atomic E-state index is -0.613. The summed E-state index contributed by atoms with van der Waals surface area (Å²) in [7, 11) is 0. The van der Waals surface area contributed by atoms with Gasteiger partial charge in [-0.25, -0.2) is 4.79 Å². The van der Waals surface area contributed by atoms with Gasteiger partial charge in [-0.1, -0.05) is 11.6 Å². The van der Waals surface area contributed by atoms with Crippen LogP contribution in [0.1, 0.15) is 26.3 Å². The molecule has 0 radical (unpaired) electrons. The quantitative estimate of drug-likeness (QED) is 0.572. The van der Waals surface area contributed by atoms with Crippen LogP contribution in [-0.2, 0) is 4.74 Å². The number of ether oxygens (including phenoxy) is 1. The Morgan fingerprint density at radius 1 is 1.48 bits per heavy atom. The topological polar surface area (TPSA) is 56.5 Å². The number of nitrogens with zero attached hydrogens (tertiary/aromatic N) is 3. The molecule has 5 nitrogen and oxygen atoms in total. The molecule has 0 saturated carbocycles. The summed E-state index contributed by atoms with van der Waals surface area (Å²) in [5.74, 6) is 0. The van der Waals surface area contributed by atoms with E-state index in [0.29, 0.717) is 16.6 Å². The molecule has 0 fully saturated rings. The first kappa shape index (κ1) is 15.6. The van der Waals surface area contributed by atoms with Crippen LogP contribution < -0.4 is 0 Å². The number of aryl methyl sites for hydroxylation is 1. The van der Waals surface area contributed by atoms with E-state index in [1.165, 1.54) is 0 Å². The van der Waals surface area contributed by atoms with Crippen molar-refractivity contribution < 1.29 is 9.53 Å². The van der Waals surface area contributed by atoms with Gasteiger partial charge >= 0.3 is 6.09 Å². The number of hydrogen-bond donors (Lipinski definition) is 0. The van der Waals surface area contributed by atoms with Crippen molar-refractivity contribution in [1.29, 1.82) is 0 Å². The number of hydrogen-bond acceptors (Lipinski definition) is 5.